The summed E-state index contributed by atoms with van der Waals surface area (Å²) in [4.78, 5) is 0. The third-order valence-electron chi connectivity index (χ3n) is 2.22. The molecule has 4 heteroatoms. The van der Waals surface area contributed by atoms with Gasteiger partial charge in [-0.3, -0.25) is 0 Å². The Hall–Kier alpha value is -0.940. The molecule has 0 saturated carbocycles. The van der Waals surface area contributed by atoms with Crippen LogP contribution in [0.5, 0.6) is 0 Å². The molecule has 0 aliphatic rings. The van der Waals surface area contributed by atoms with E-state index in [1.165, 1.54) is 0 Å². The number of hydrogen-bond donors (Lipinski definition) is 3. The highest BCUT2D eigenvalue weighted by atomic mass is 16.5. The maximum atomic E-state index is 9.76. The van der Waals surface area contributed by atoms with Crippen molar-refractivity contribution in [3.63, 3.8) is 0 Å². The van der Waals surface area contributed by atoms with Crippen molar-refractivity contribution in [1.82, 2.24) is 0 Å². The number of hydrogen-bond acceptors (Lipinski definition) is 4. The van der Waals surface area contributed by atoms with Gasteiger partial charge in [-0.2, -0.15) is 0 Å². The second-order valence-corrected chi connectivity index (χ2v) is 3.47. The number of aliphatic hydroxyl groups excluding tert-OH is 2. The summed E-state index contributed by atoms with van der Waals surface area (Å²) in [5, 5.41) is 18.6. The van der Waals surface area contributed by atoms with Crippen LogP contribution in [0, 0.1) is 0 Å². The van der Waals surface area contributed by atoms with E-state index >= 15 is 0 Å². The van der Waals surface area contributed by atoms with Crippen LogP contribution in [-0.4, -0.2) is 30.0 Å². The maximum Gasteiger partial charge on any atom is 0.0963 e. The molecule has 0 aliphatic heterocycles. The van der Waals surface area contributed by atoms with Crippen LogP contribution >= 0.6 is 0 Å². The van der Waals surface area contributed by atoms with E-state index in [0.29, 0.717) is 12.2 Å². The summed E-state index contributed by atoms with van der Waals surface area (Å²) in [6.45, 7) is 0.255. The highest BCUT2D eigenvalue weighted by molar-refractivity contribution is 5.25. The summed E-state index contributed by atoms with van der Waals surface area (Å²) >= 11 is 0. The fourth-order valence-corrected chi connectivity index (χ4v) is 1.38. The molecular formula is C11H17NO3. The highest BCUT2D eigenvalue weighted by Crippen LogP contribution is 2.17. The third-order valence-corrected chi connectivity index (χ3v) is 2.22. The van der Waals surface area contributed by atoms with Crippen LogP contribution in [0.2, 0.25) is 0 Å². The van der Waals surface area contributed by atoms with Gasteiger partial charge in [0.2, 0.25) is 0 Å². The molecular weight excluding hydrogens is 194 g/mol. The molecule has 0 saturated heterocycles. The van der Waals surface area contributed by atoms with E-state index in [1.807, 2.05) is 18.2 Å². The number of rotatable bonds is 5. The highest BCUT2D eigenvalue weighted by Gasteiger charge is 2.15. The second-order valence-electron chi connectivity index (χ2n) is 3.47. The monoisotopic (exact) mass is 211 g/mol. The summed E-state index contributed by atoms with van der Waals surface area (Å²) in [5.74, 6) is 0. The lowest BCUT2D eigenvalue weighted by Crippen LogP contribution is -2.31. The van der Waals surface area contributed by atoms with Gasteiger partial charge in [0.1, 0.15) is 0 Å². The molecule has 2 atom stereocenters. The van der Waals surface area contributed by atoms with Gasteiger partial charge in [0.15, 0.2) is 0 Å². The van der Waals surface area contributed by atoms with Crippen LogP contribution in [-0.2, 0) is 11.3 Å². The molecule has 84 valence electrons. The molecule has 0 aliphatic carbocycles. The summed E-state index contributed by atoms with van der Waals surface area (Å²) in [6.07, 6.45) is -0.841. The Morgan fingerprint density at radius 2 is 2.20 bits per heavy atom. The molecule has 1 aromatic rings. The number of nitrogens with two attached hydrogens (primary N) is 1. The van der Waals surface area contributed by atoms with Crippen molar-refractivity contribution in [3.05, 3.63) is 35.4 Å². The Bertz CT molecular complexity index is 304. The molecule has 0 fully saturated rings. The Morgan fingerprint density at radius 3 is 2.80 bits per heavy atom. The fraction of sp³-hybridized carbons (Fsp3) is 0.455. The predicted molar refractivity (Wildman–Crippen MR) is 57.2 cm³/mol. The summed E-state index contributed by atoms with van der Waals surface area (Å²) < 4.78 is 4.99. The lowest BCUT2D eigenvalue weighted by atomic mass is 10.0. The Balaban J connectivity index is 2.80. The van der Waals surface area contributed by atoms with Gasteiger partial charge in [0.25, 0.3) is 0 Å². The van der Waals surface area contributed by atoms with Gasteiger partial charge in [-0.25, -0.2) is 0 Å². The molecule has 0 bridgehead atoms. The quantitative estimate of drug-likeness (QED) is 0.649. The number of ether oxygens (including phenoxy) is 1. The van der Waals surface area contributed by atoms with E-state index in [1.54, 1.807) is 13.2 Å². The molecule has 4 N–H and O–H groups in total. The van der Waals surface area contributed by atoms with Crippen LogP contribution < -0.4 is 5.73 Å². The zero-order valence-electron chi connectivity index (χ0n) is 8.76. The van der Waals surface area contributed by atoms with Crippen molar-refractivity contribution < 1.29 is 14.9 Å². The van der Waals surface area contributed by atoms with Crippen LogP contribution in [0.4, 0.5) is 0 Å². The van der Waals surface area contributed by atoms with E-state index in [9.17, 15) is 5.11 Å². The van der Waals surface area contributed by atoms with Crippen molar-refractivity contribution >= 4 is 0 Å². The van der Waals surface area contributed by atoms with Gasteiger partial charge in [-0.15, -0.1) is 0 Å². The molecule has 0 aromatic heterocycles. The van der Waals surface area contributed by atoms with Crippen molar-refractivity contribution in [1.29, 1.82) is 0 Å². The standard InChI is InChI=1S/C11H17NO3/c1-15-7-8-3-2-4-9(5-8)11(14)10(12)6-13/h2-5,10-11,13-14H,6-7,12H2,1H3. The lowest BCUT2D eigenvalue weighted by molar-refractivity contribution is 0.109. The van der Waals surface area contributed by atoms with E-state index in [0.717, 1.165) is 5.56 Å². The summed E-state index contributed by atoms with van der Waals surface area (Å²) in [5.41, 5.74) is 7.21. The first-order valence-electron chi connectivity index (χ1n) is 4.81. The summed E-state index contributed by atoms with van der Waals surface area (Å²) in [6, 6.07) is 6.69. The molecule has 0 radical (unpaired) electrons. The molecule has 1 aromatic carbocycles. The number of benzene rings is 1. The van der Waals surface area contributed by atoms with Crippen molar-refractivity contribution in [3.8, 4) is 0 Å². The van der Waals surface area contributed by atoms with Gasteiger partial charge >= 0.3 is 0 Å². The summed E-state index contributed by atoms with van der Waals surface area (Å²) in [7, 11) is 1.61. The zero-order valence-corrected chi connectivity index (χ0v) is 8.76. The Kier molecular flexibility index (Phi) is 4.71. The van der Waals surface area contributed by atoms with Crippen LogP contribution in [0.25, 0.3) is 0 Å². The van der Waals surface area contributed by atoms with E-state index < -0.39 is 12.1 Å². The van der Waals surface area contributed by atoms with Gasteiger partial charge in [0.05, 0.1) is 25.4 Å². The van der Waals surface area contributed by atoms with Crippen LogP contribution in [0.1, 0.15) is 17.2 Å². The number of methoxy groups -OCH3 is 1. The Morgan fingerprint density at radius 1 is 1.47 bits per heavy atom. The second kappa shape index (κ2) is 5.82. The molecule has 4 nitrogen and oxygen atoms in total. The van der Waals surface area contributed by atoms with Crippen LogP contribution in [0.15, 0.2) is 24.3 Å². The molecule has 2 unspecified atom stereocenters. The smallest absolute Gasteiger partial charge is 0.0963 e. The van der Waals surface area contributed by atoms with Gasteiger partial charge in [0, 0.05) is 7.11 Å². The maximum absolute atomic E-state index is 9.76. The van der Waals surface area contributed by atoms with Crippen molar-refractivity contribution in [2.75, 3.05) is 13.7 Å². The SMILES string of the molecule is COCc1cccc(C(O)C(N)CO)c1. The minimum absolute atomic E-state index is 0.240. The third kappa shape index (κ3) is 3.28. The normalized spacial score (nSPS) is 14.9. The van der Waals surface area contributed by atoms with Gasteiger partial charge in [-0.05, 0) is 11.1 Å². The predicted octanol–water partition coefficient (Wildman–Crippen LogP) is 0.186. The van der Waals surface area contributed by atoms with Crippen molar-refractivity contribution in [2.45, 2.75) is 18.8 Å². The van der Waals surface area contributed by atoms with Gasteiger partial charge in [-0.1, -0.05) is 24.3 Å². The van der Waals surface area contributed by atoms with Crippen molar-refractivity contribution in [2.24, 2.45) is 5.73 Å². The first-order valence-corrected chi connectivity index (χ1v) is 4.81. The lowest BCUT2D eigenvalue weighted by Gasteiger charge is -2.17. The van der Waals surface area contributed by atoms with E-state index in [-0.39, 0.29) is 6.61 Å². The topological polar surface area (TPSA) is 75.7 Å². The van der Waals surface area contributed by atoms with E-state index in [4.69, 9.17) is 15.6 Å². The molecule has 1 rings (SSSR count). The molecule has 0 spiro atoms. The molecule has 0 heterocycles. The minimum atomic E-state index is -0.841. The van der Waals surface area contributed by atoms with Crippen LogP contribution in [0.3, 0.4) is 0 Å². The van der Waals surface area contributed by atoms with E-state index in [2.05, 4.69) is 0 Å². The largest absolute Gasteiger partial charge is 0.395 e. The van der Waals surface area contributed by atoms with Gasteiger partial charge < -0.3 is 20.7 Å². The first kappa shape index (κ1) is 12.1. The molecule has 15 heavy (non-hydrogen) atoms. The average Bonchev–Trinajstić information content (AvgIpc) is 2.28. The minimum Gasteiger partial charge on any atom is -0.395 e. The first-order chi connectivity index (χ1) is 7.19. The zero-order chi connectivity index (χ0) is 11.3. The Labute approximate surface area is 89.3 Å². The average molecular weight is 211 g/mol. The molecule has 0 amide bonds. The number of aliphatic hydroxyl groups is 2. The fourth-order valence-electron chi connectivity index (χ4n) is 1.38.